The zero-order chi connectivity index (χ0) is 20.2. The third kappa shape index (κ3) is 5.56. The number of anilines is 1. The third-order valence-corrected chi connectivity index (χ3v) is 5.15. The van der Waals surface area contributed by atoms with Crippen LogP contribution in [0.15, 0.2) is 41.3 Å². The SMILES string of the molecule is CS(=O)(=O)c1ccc(NCCNC(=O)c2ccc(Cl)cc2Cl)c([N+](=O)[O-])c1. The number of nitro groups is 1. The van der Waals surface area contributed by atoms with E-state index in [1.54, 1.807) is 0 Å². The molecule has 0 atom stereocenters. The summed E-state index contributed by atoms with van der Waals surface area (Å²) in [5, 5.41) is 17.2. The monoisotopic (exact) mass is 431 g/mol. The first-order chi connectivity index (χ1) is 12.6. The number of nitrogens with one attached hydrogen (secondary N) is 2. The molecule has 27 heavy (non-hydrogen) atoms. The van der Waals surface area contributed by atoms with E-state index in [9.17, 15) is 23.3 Å². The van der Waals surface area contributed by atoms with E-state index in [1.165, 1.54) is 30.3 Å². The summed E-state index contributed by atoms with van der Waals surface area (Å²) in [7, 11) is -3.56. The molecule has 2 aromatic rings. The summed E-state index contributed by atoms with van der Waals surface area (Å²) in [4.78, 5) is 22.4. The lowest BCUT2D eigenvalue weighted by Crippen LogP contribution is -2.29. The lowest BCUT2D eigenvalue weighted by molar-refractivity contribution is -0.384. The van der Waals surface area contributed by atoms with Gasteiger partial charge < -0.3 is 10.6 Å². The molecule has 0 radical (unpaired) electrons. The van der Waals surface area contributed by atoms with E-state index in [4.69, 9.17) is 23.2 Å². The van der Waals surface area contributed by atoms with Crippen LogP contribution in [0.4, 0.5) is 11.4 Å². The molecular weight excluding hydrogens is 417 g/mol. The van der Waals surface area contributed by atoms with Crippen molar-refractivity contribution in [2.75, 3.05) is 24.7 Å². The minimum absolute atomic E-state index is 0.145. The average Bonchev–Trinajstić information content (AvgIpc) is 2.57. The van der Waals surface area contributed by atoms with E-state index in [0.29, 0.717) is 5.02 Å². The van der Waals surface area contributed by atoms with Crippen LogP contribution in [-0.2, 0) is 9.84 Å². The van der Waals surface area contributed by atoms with Crippen LogP contribution in [-0.4, -0.2) is 38.6 Å². The standard InChI is InChI=1S/C16H15Cl2N3O5S/c1-27(25,26)11-3-5-14(15(9-11)21(23)24)19-6-7-20-16(22)12-4-2-10(17)8-13(12)18/h2-5,8-9,19H,6-7H2,1H3,(H,20,22). The Morgan fingerprint density at radius 3 is 2.44 bits per heavy atom. The Morgan fingerprint density at radius 2 is 1.85 bits per heavy atom. The summed E-state index contributed by atoms with van der Waals surface area (Å²) in [6, 6.07) is 8.05. The number of sulfone groups is 1. The molecule has 144 valence electrons. The van der Waals surface area contributed by atoms with Crippen molar-refractivity contribution in [3.63, 3.8) is 0 Å². The molecule has 0 saturated carbocycles. The van der Waals surface area contributed by atoms with Gasteiger partial charge in [-0.2, -0.15) is 0 Å². The lowest BCUT2D eigenvalue weighted by atomic mass is 10.2. The van der Waals surface area contributed by atoms with Gasteiger partial charge >= 0.3 is 0 Å². The van der Waals surface area contributed by atoms with E-state index in [0.717, 1.165) is 12.3 Å². The highest BCUT2D eigenvalue weighted by atomic mass is 35.5. The molecule has 0 bridgehead atoms. The number of hydrogen-bond donors (Lipinski definition) is 2. The molecule has 0 heterocycles. The zero-order valence-corrected chi connectivity index (χ0v) is 16.4. The number of carbonyl (C=O) groups excluding carboxylic acids is 1. The molecule has 0 unspecified atom stereocenters. The highest BCUT2D eigenvalue weighted by Gasteiger charge is 2.18. The van der Waals surface area contributed by atoms with Crippen LogP contribution in [0.1, 0.15) is 10.4 Å². The molecule has 1 amide bonds. The Bertz CT molecular complexity index is 996. The summed E-state index contributed by atoms with van der Waals surface area (Å²) in [5.41, 5.74) is 0.0284. The minimum atomic E-state index is -3.56. The predicted molar refractivity (Wildman–Crippen MR) is 103 cm³/mol. The third-order valence-electron chi connectivity index (χ3n) is 3.50. The van der Waals surface area contributed by atoms with Gasteiger partial charge in [0.15, 0.2) is 9.84 Å². The maximum Gasteiger partial charge on any atom is 0.293 e. The van der Waals surface area contributed by atoms with Crippen LogP contribution in [0.5, 0.6) is 0 Å². The molecule has 0 saturated heterocycles. The van der Waals surface area contributed by atoms with Crippen molar-refractivity contribution in [2.45, 2.75) is 4.90 Å². The molecule has 8 nitrogen and oxygen atoms in total. The minimum Gasteiger partial charge on any atom is -0.378 e. The first kappa shape index (κ1) is 20.9. The fourth-order valence-corrected chi connectivity index (χ4v) is 3.32. The molecule has 0 aliphatic heterocycles. The van der Waals surface area contributed by atoms with Crippen LogP contribution in [0.3, 0.4) is 0 Å². The van der Waals surface area contributed by atoms with Crippen LogP contribution in [0, 0.1) is 10.1 Å². The first-order valence-corrected chi connectivity index (χ1v) is 10.2. The van der Waals surface area contributed by atoms with Gasteiger partial charge in [-0.15, -0.1) is 0 Å². The zero-order valence-electron chi connectivity index (χ0n) is 14.0. The van der Waals surface area contributed by atoms with E-state index in [-0.39, 0.29) is 39.9 Å². The van der Waals surface area contributed by atoms with Crippen molar-refractivity contribution in [2.24, 2.45) is 0 Å². The average molecular weight is 432 g/mol. The summed E-state index contributed by atoms with van der Waals surface area (Å²) in [5.74, 6) is -0.416. The highest BCUT2D eigenvalue weighted by Crippen LogP contribution is 2.27. The number of halogens is 2. The number of amides is 1. The fourth-order valence-electron chi connectivity index (χ4n) is 2.18. The molecule has 11 heteroatoms. The van der Waals surface area contributed by atoms with Crippen molar-refractivity contribution < 1.29 is 18.1 Å². The summed E-state index contributed by atoms with van der Waals surface area (Å²) in [6.45, 7) is 0.332. The summed E-state index contributed by atoms with van der Waals surface area (Å²) in [6.07, 6.45) is 0.969. The van der Waals surface area contributed by atoms with Gasteiger partial charge in [-0.05, 0) is 30.3 Å². The van der Waals surface area contributed by atoms with Crippen LogP contribution >= 0.6 is 23.2 Å². The second kappa shape index (κ2) is 8.55. The molecule has 0 aliphatic rings. The van der Waals surface area contributed by atoms with Crippen LogP contribution in [0.2, 0.25) is 10.0 Å². The number of carbonyl (C=O) groups is 1. The van der Waals surface area contributed by atoms with Gasteiger partial charge in [0.05, 0.1) is 20.4 Å². The Morgan fingerprint density at radius 1 is 1.15 bits per heavy atom. The normalized spacial score (nSPS) is 11.1. The molecule has 0 spiro atoms. The smallest absolute Gasteiger partial charge is 0.293 e. The van der Waals surface area contributed by atoms with E-state index < -0.39 is 20.7 Å². The van der Waals surface area contributed by atoms with Crippen molar-refractivity contribution in [1.29, 1.82) is 0 Å². The van der Waals surface area contributed by atoms with Gasteiger partial charge in [0.1, 0.15) is 5.69 Å². The molecular formula is C16H15Cl2N3O5S. The van der Waals surface area contributed by atoms with Crippen molar-refractivity contribution in [3.8, 4) is 0 Å². The maximum atomic E-state index is 12.1. The van der Waals surface area contributed by atoms with Crippen LogP contribution < -0.4 is 10.6 Å². The van der Waals surface area contributed by atoms with E-state index in [2.05, 4.69) is 10.6 Å². The topological polar surface area (TPSA) is 118 Å². The predicted octanol–water partition coefficient (Wildman–Crippen LogP) is 3.15. The van der Waals surface area contributed by atoms with Gasteiger partial charge in [0.2, 0.25) is 0 Å². The highest BCUT2D eigenvalue weighted by molar-refractivity contribution is 7.90. The molecule has 0 aliphatic carbocycles. The van der Waals surface area contributed by atoms with Gasteiger partial charge in [-0.1, -0.05) is 23.2 Å². The van der Waals surface area contributed by atoms with Crippen LogP contribution in [0.25, 0.3) is 0 Å². The molecule has 2 N–H and O–H groups in total. The Kier molecular flexibility index (Phi) is 6.63. The maximum absolute atomic E-state index is 12.1. The Labute approximate surface area is 165 Å². The molecule has 2 rings (SSSR count). The Hall–Kier alpha value is -2.36. The second-order valence-corrected chi connectivity index (χ2v) is 8.37. The van der Waals surface area contributed by atoms with Gasteiger partial charge in [0, 0.05) is 30.4 Å². The fraction of sp³-hybridized carbons (Fsp3) is 0.188. The Balaban J connectivity index is 2.00. The number of hydrogen-bond acceptors (Lipinski definition) is 6. The van der Waals surface area contributed by atoms with Gasteiger partial charge in [-0.3, -0.25) is 14.9 Å². The van der Waals surface area contributed by atoms with Gasteiger partial charge in [-0.25, -0.2) is 8.42 Å². The summed E-state index contributed by atoms with van der Waals surface area (Å²) < 4.78 is 23.1. The van der Waals surface area contributed by atoms with Gasteiger partial charge in [0.25, 0.3) is 11.6 Å². The second-order valence-electron chi connectivity index (χ2n) is 5.52. The molecule has 0 aromatic heterocycles. The molecule has 2 aromatic carbocycles. The lowest BCUT2D eigenvalue weighted by Gasteiger charge is -2.10. The van der Waals surface area contributed by atoms with E-state index in [1.807, 2.05) is 0 Å². The number of benzene rings is 2. The van der Waals surface area contributed by atoms with Crippen molar-refractivity contribution in [1.82, 2.24) is 5.32 Å². The first-order valence-electron chi connectivity index (χ1n) is 7.55. The number of rotatable bonds is 7. The van der Waals surface area contributed by atoms with Crippen molar-refractivity contribution in [3.05, 3.63) is 62.1 Å². The molecule has 0 fully saturated rings. The number of nitro benzene ring substituents is 1. The number of nitrogens with zero attached hydrogens (tertiary/aromatic N) is 1. The van der Waals surface area contributed by atoms with E-state index >= 15 is 0 Å². The van der Waals surface area contributed by atoms with Crippen molar-refractivity contribution >= 4 is 50.3 Å². The largest absolute Gasteiger partial charge is 0.378 e. The summed E-state index contributed by atoms with van der Waals surface area (Å²) >= 11 is 11.7. The quantitative estimate of drug-likeness (QED) is 0.394.